The number of hydrogen-bond acceptors (Lipinski definition) is 3. The topological polar surface area (TPSA) is 52.7 Å². The maximum Gasteiger partial charge on any atom is 0.293 e. The van der Waals surface area contributed by atoms with Crippen LogP contribution in [0.2, 0.25) is 10.0 Å². The van der Waals surface area contributed by atoms with E-state index in [4.69, 9.17) is 23.2 Å². The van der Waals surface area contributed by atoms with E-state index in [2.05, 4.69) is 31.0 Å². The van der Waals surface area contributed by atoms with Crippen molar-refractivity contribution in [1.82, 2.24) is 19.6 Å². The Morgan fingerprint density at radius 1 is 1.03 bits per heavy atom. The fraction of sp³-hybridized carbons (Fsp3) is 0.261. The number of hydrogen-bond donors (Lipinski definition) is 0. The van der Waals surface area contributed by atoms with Crippen molar-refractivity contribution < 1.29 is 0 Å². The minimum Gasteiger partial charge on any atom is -0.265 e. The second-order valence-corrected chi connectivity index (χ2v) is 8.67. The van der Waals surface area contributed by atoms with Crippen LogP contribution in [0.4, 0.5) is 0 Å². The standard InChI is InChI=1S/C23H22Cl2N4O/c1-13(2)21-19-11-26-29(18-8-5-14(3)15(4)9-18)22(19)23(30)28(27-21)12-16-6-7-17(24)10-20(16)25/h5-11,13H,12H2,1-4H3. The Kier molecular flexibility index (Phi) is 5.43. The minimum atomic E-state index is -0.212. The lowest BCUT2D eigenvalue weighted by Gasteiger charge is -2.13. The van der Waals surface area contributed by atoms with E-state index in [1.807, 2.05) is 31.2 Å². The molecule has 0 aliphatic carbocycles. The fourth-order valence-electron chi connectivity index (χ4n) is 3.49. The van der Waals surface area contributed by atoms with Crippen LogP contribution in [-0.4, -0.2) is 19.6 Å². The van der Waals surface area contributed by atoms with Crippen molar-refractivity contribution in [3.05, 3.63) is 85.4 Å². The first kappa shape index (κ1) is 20.6. The van der Waals surface area contributed by atoms with Crippen molar-refractivity contribution in [2.75, 3.05) is 0 Å². The van der Waals surface area contributed by atoms with Crippen LogP contribution >= 0.6 is 23.2 Å². The van der Waals surface area contributed by atoms with E-state index >= 15 is 0 Å². The highest BCUT2D eigenvalue weighted by Crippen LogP contribution is 2.25. The van der Waals surface area contributed by atoms with E-state index in [0.717, 1.165) is 27.9 Å². The number of aromatic nitrogens is 4. The Labute approximate surface area is 184 Å². The Balaban J connectivity index is 1.95. The molecular formula is C23H22Cl2N4O. The summed E-state index contributed by atoms with van der Waals surface area (Å²) < 4.78 is 3.17. The summed E-state index contributed by atoms with van der Waals surface area (Å²) >= 11 is 12.4. The van der Waals surface area contributed by atoms with Gasteiger partial charge in [0.15, 0.2) is 0 Å². The van der Waals surface area contributed by atoms with Gasteiger partial charge in [-0.1, -0.05) is 49.2 Å². The van der Waals surface area contributed by atoms with E-state index < -0.39 is 0 Å². The molecule has 4 rings (SSSR count). The monoisotopic (exact) mass is 440 g/mol. The molecule has 30 heavy (non-hydrogen) atoms. The summed E-state index contributed by atoms with van der Waals surface area (Å²) in [5, 5.41) is 11.0. The molecule has 0 fully saturated rings. The second-order valence-electron chi connectivity index (χ2n) is 7.83. The van der Waals surface area contributed by atoms with Gasteiger partial charge < -0.3 is 0 Å². The fourth-order valence-corrected chi connectivity index (χ4v) is 3.96. The first-order valence-corrected chi connectivity index (χ1v) is 10.5. The van der Waals surface area contributed by atoms with Crippen LogP contribution in [0.15, 0.2) is 47.4 Å². The summed E-state index contributed by atoms with van der Waals surface area (Å²) in [6.07, 6.45) is 1.73. The number of fused-ring (bicyclic) bond motifs is 1. The third-order valence-electron chi connectivity index (χ3n) is 5.33. The zero-order valence-electron chi connectivity index (χ0n) is 17.3. The largest absolute Gasteiger partial charge is 0.293 e. The van der Waals surface area contributed by atoms with E-state index in [-0.39, 0.29) is 18.0 Å². The smallest absolute Gasteiger partial charge is 0.265 e. The van der Waals surface area contributed by atoms with Crippen LogP contribution in [0.1, 0.15) is 42.1 Å². The quantitative estimate of drug-likeness (QED) is 0.410. The van der Waals surface area contributed by atoms with E-state index in [9.17, 15) is 4.79 Å². The molecule has 2 aromatic heterocycles. The summed E-state index contributed by atoms with van der Waals surface area (Å²) in [6, 6.07) is 11.3. The molecule has 5 nitrogen and oxygen atoms in total. The Bertz CT molecular complexity index is 1320. The summed E-state index contributed by atoms with van der Waals surface area (Å²) in [4.78, 5) is 13.5. The average molecular weight is 441 g/mol. The highest BCUT2D eigenvalue weighted by molar-refractivity contribution is 6.35. The molecule has 154 valence electrons. The second kappa shape index (κ2) is 7.89. The van der Waals surface area contributed by atoms with Gasteiger partial charge in [0.05, 0.1) is 24.1 Å². The predicted octanol–water partition coefficient (Wildman–Crippen LogP) is 5.68. The van der Waals surface area contributed by atoms with Gasteiger partial charge in [0.25, 0.3) is 5.56 Å². The zero-order valence-corrected chi connectivity index (χ0v) is 18.8. The van der Waals surface area contributed by atoms with Gasteiger partial charge in [0, 0.05) is 15.4 Å². The van der Waals surface area contributed by atoms with Crippen molar-refractivity contribution in [2.24, 2.45) is 0 Å². The lowest BCUT2D eigenvalue weighted by molar-refractivity contribution is 0.612. The SMILES string of the molecule is Cc1ccc(-n2ncc3c(C(C)C)nn(Cc4ccc(Cl)cc4Cl)c(=O)c32)cc1C. The number of halogens is 2. The van der Waals surface area contributed by atoms with Gasteiger partial charge in [-0.15, -0.1) is 0 Å². The van der Waals surface area contributed by atoms with Crippen molar-refractivity contribution in [3.8, 4) is 5.69 Å². The van der Waals surface area contributed by atoms with E-state index in [1.165, 1.54) is 10.2 Å². The third-order valence-corrected chi connectivity index (χ3v) is 5.91. The Hall–Kier alpha value is -2.63. The Morgan fingerprint density at radius 3 is 2.47 bits per heavy atom. The number of benzene rings is 2. The molecule has 0 saturated heterocycles. The number of nitrogens with zero attached hydrogens (tertiary/aromatic N) is 4. The maximum absolute atomic E-state index is 13.5. The van der Waals surface area contributed by atoms with Crippen molar-refractivity contribution in [3.63, 3.8) is 0 Å². The minimum absolute atomic E-state index is 0.123. The third kappa shape index (κ3) is 3.64. The number of aryl methyl sites for hydroxylation is 2. The summed E-state index contributed by atoms with van der Waals surface area (Å²) in [5.41, 5.74) is 5.09. The zero-order chi connectivity index (χ0) is 21.6. The lowest BCUT2D eigenvalue weighted by atomic mass is 10.1. The first-order chi connectivity index (χ1) is 14.3. The first-order valence-electron chi connectivity index (χ1n) is 9.76. The molecule has 2 heterocycles. The summed E-state index contributed by atoms with van der Waals surface area (Å²) in [7, 11) is 0. The molecule has 4 aromatic rings. The molecule has 0 unspecified atom stereocenters. The van der Waals surface area contributed by atoms with E-state index in [1.54, 1.807) is 23.0 Å². The molecule has 0 saturated carbocycles. The van der Waals surface area contributed by atoms with Crippen molar-refractivity contribution in [1.29, 1.82) is 0 Å². The van der Waals surface area contributed by atoms with Crippen LogP contribution in [0.3, 0.4) is 0 Å². The van der Waals surface area contributed by atoms with Gasteiger partial charge in [-0.3, -0.25) is 4.79 Å². The summed E-state index contributed by atoms with van der Waals surface area (Å²) in [6.45, 7) is 8.47. The molecular weight excluding hydrogens is 419 g/mol. The molecule has 0 radical (unpaired) electrons. The lowest BCUT2D eigenvalue weighted by Crippen LogP contribution is -2.27. The molecule has 0 N–H and O–H groups in total. The van der Waals surface area contributed by atoms with Crippen LogP contribution in [0.5, 0.6) is 0 Å². The molecule has 0 aliphatic heterocycles. The molecule has 0 aliphatic rings. The maximum atomic E-state index is 13.5. The van der Waals surface area contributed by atoms with Gasteiger partial charge in [-0.05, 0) is 60.7 Å². The van der Waals surface area contributed by atoms with Crippen molar-refractivity contribution >= 4 is 34.1 Å². The predicted molar refractivity (Wildman–Crippen MR) is 122 cm³/mol. The van der Waals surface area contributed by atoms with Crippen LogP contribution in [-0.2, 0) is 6.54 Å². The molecule has 0 amide bonds. The molecule has 7 heteroatoms. The van der Waals surface area contributed by atoms with Crippen LogP contribution in [0, 0.1) is 13.8 Å². The molecule has 0 bridgehead atoms. The normalized spacial score (nSPS) is 11.6. The molecule has 0 spiro atoms. The van der Waals surface area contributed by atoms with Gasteiger partial charge in [0.2, 0.25) is 0 Å². The Morgan fingerprint density at radius 2 is 1.80 bits per heavy atom. The molecule has 2 aromatic carbocycles. The highest BCUT2D eigenvalue weighted by Gasteiger charge is 2.19. The van der Waals surface area contributed by atoms with Gasteiger partial charge >= 0.3 is 0 Å². The van der Waals surface area contributed by atoms with Crippen LogP contribution < -0.4 is 5.56 Å². The van der Waals surface area contributed by atoms with Gasteiger partial charge in [0.1, 0.15) is 5.52 Å². The highest BCUT2D eigenvalue weighted by atomic mass is 35.5. The van der Waals surface area contributed by atoms with Gasteiger partial charge in [-0.2, -0.15) is 10.2 Å². The number of rotatable bonds is 4. The summed E-state index contributed by atoms with van der Waals surface area (Å²) in [5.74, 6) is 0.123. The van der Waals surface area contributed by atoms with Gasteiger partial charge in [-0.25, -0.2) is 9.36 Å². The molecule has 0 atom stereocenters. The average Bonchev–Trinajstić information content (AvgIpc) is 3.13. The van der Waals surface area contributed by atoms with E-state index in [0.29, 0.717) is 15.6 Å². The van der Waals surface area contributed by atoms with Crippen LogP contribution in [0.25, 0.3) is 16.6 Å². The van der Waals surface area contributed by atoms with Crippen molar-refractivity contribution in [2.45, 2.75) is 40.2 Å².